The van der Waals surface area contributed by atoms with E-state index in [1.807, 2.05) is 12.1 Å². The first-order valence-corrected chi connectivity index (χ1v) is 20.1. The third-order valence-corrected chi connectivity index (χ3v) is 15.6. The van der Waals surface area contributed by atoms with Crippen molar-refractivity contribution in [3.63, 3.8) is 0 Å². The number of primary amides is 2. The maximum absolute atomic E-state index is 11.8. The molecule has 2 aliphatic heterocycles. The van der Waals surface area contributed by atoms with Gasteiger partial charge in [-0.05, 0) is 129 Å². The van der Waals surface area contributed by atoms with Crippen LogP contribution < -0.4 is 11.5 Å². The molecule has 50 heavy (non-hydrogen) atoms. The maximum Gasteiger partial charge on any atom is 0.248 e. The first-order chi connectivity index (χ1) is 23.7. The molecule has 10 rings (SSSR count). The Labute approximate surface area is 325 Å². The minimum absolute atomic E-state index is 0. The molecule has 2 amide bonds. The van der Waals surface area contributed by atoms with Crippen LogP contribution in [0.2, 0.25) is 0 Å². The number of amides is 2. The molecular weight excluding hydrogens is 693 g/mol. The van der Waals surface area contributed by atoms with E-state index in [0.717, 1.165) is 35.8 Å². The van der Waals surface area contributed by atoms with E-state index in [0.29, 0.717) is 22.0 Å². The SMILES string of the molecule is C[N+]1(CC2CC2)CCC23CCCCC2C1Cc1ccc(C(N)=O)cc13.NC(=O)c1ccc2c(c1)C13CCCCC1C(C2)N(CC1CC1)CC3.[Y]. The summed E-state index contributed by atoms with van der Waals surface area (Å²) >= 11 is 0. The summed E-state index contributed by atoms with van der Waals surface area (Å²) in [5, 5.41) is 0. The van der Waals surface area contributed by atoms with Crippen molar-refractivity contribution >= 4 is 11.8 Å². The minimum Gasteiger partial charge on any atom is -0.366 e. The molecule has 2 heterocycles. The molecule has 265 valence electrons. The van der Waals surface area contributed by atoms with Crippen molar-refractivity contribution in [3.05, 3.63) is 69.8 Å². The van der Waals surface area contributed by atoms with Gasteiger partial charge in [0.25, 0.3) is 0 Å². The van der Waals surface area contributed by atoms with Gasteiger partial charge in [-0.1, -0.05) is 37.8 Å². The molecule has 6 aliphatic carbocycles. The Hall–Kier alpha value is -1.60. The summed E-state index contributed by atoms with van der Waals surface area (Å²) < 4.78 is 1.30. The van der Waals surface area contributed by atoms with Gasteiger partial charge in [0, 0.05) is 91.9 Å². The smallest absolute Gasteiger partial charge is 0.248 e. The van der Waals surface area contributed by atoms with Crippen LogP contribution in [0.25, 0.3) is 0 Å². The molecule has 2 saturated heterocycles. The largest absolute Gasteiger partial charge is 0.366 e. The van der Waals surface area contributed by atoms with Gasteiger partial charge in [-0.25, -0.2) is 0 Å². The van der Waals surface area contributed by atoms with Crippen molar-refractivity contribution in [2.45, 2.75) is 126 Å². The number of rotatable bonds is 6. The summed E-state index contributed by atoms with van der Waals surface area (Å²) in [5.41, 5.74) is 19.2. The molecule has 0 aromatic heterocycles. The molecule has 1 radical (unpaired) electrons. The number of hydrogen-bond donors (Lipinski definition) is 2. The van der Waals surface area contributed by atoms with Crippen molar-refractivity contribution in [1.82, 2.24) is 4.90 Å². The van der Waals surface area contributed by atoms with E-state index in [9.17, 15) is 9.59 Å². The van der Waals surface area contributed by atoms with Crippen molar-refractivity contribution in [3.8, 4) is 0 Å². The number of piperidine rings is 2. The minimum atomic E-state index is -0.283. The van der Waals surface area contributed by atoms with E-state index in [-0.39, 0.29) is 44.5 Å². The van der Waals surface area contributed by atoms with E-state index in [1.54, 1.807) is 0 Å². The zero-order chi connectivity index (χ0) is 33.5. The van der Waals surface area contributed by atoms with Crippen LogP contribution in [-0.2, 0) is 56.4 Å². The second kappa shape index (κ2) is 13.4. The van der Waals surface area contributed by atoms with Gasteiger partial charge in [-0.2, -0.15) is 0 Å². The second-order valence-electron chi connectivity index (χ2n) is 18.3. The number of likely N-dealkylation sites (N-methyl/N-ethyl adjacent to an activating group) is 1. The fourth-order valence-electron chi connectivity index (χ4n) is 12.8. The maximum atomic E-state index is 11.8. The number of nitrogens with two attached hydrogens (primary N) is 2. The van der Waals surface area contributed by atoms with Crippen LogP contribution in [-0.4, -0.2) is 66.5 Å². The normalized spacial score (nSPS) is 36.6. The second-order valence-corrected chi connectivity index (χ2v) is 18.3. The van der Waals surface area contributed by atoms with Crippen LogP contribution in [0.1, 0.15) is 133 Å². The fraction of sp³-hybridized carbons (Fsp3) is 0.674. The summed E-state index contributed by atoms with van der Waals surface area (Å²) in [6.07, 6.45) is 21.5. The van der Waals surface area contributed by atoms with Crippen molar-refractivity contribution < 1.29 is 46.8 Å². The van der Waals surface area contributed by atoms with Crippen LogP contribution in [0.4, 0.5) is 0 Å². The Kier molecular flexibility index (Phi) is 9.47. The Balaban J connectivity index is 0.000000142. The number of quaternary nitrogens is 1. The van der Waals surface area contributed by atoms with Gasteiger partial charge in [0.05, 0.1) is 26.2 Å². The first-order valence-electron chi connectivity index (χ1n) is 20.1. The number of carbonyl (C=O) groups excluding carboxylic acids is 2. The van der Waals surface area contributed by atoms with E-state index in [1.165, 1.54) is 156 Å². The third-order valence-electron chi connectivity index (χ3n) is 15.6. The molecule has 2 aromatic carbocycles. The zero-order valence-corrected chi connectivity index (χ0v) is 33.4. The van der Waals surface area contributed by atoms with Crippen LogP contribution in [0.3, 0.4) is 0 Å². The molecule has 4 bridgehead atoms. The fourth-order valence-corrected chi connectivity index (χ4v) is 12.8. The average molecular weight is 753 g/mol. The molecule has 8 aliphatic rings. The van der Waals surface area contributed by atoms with Crippen molar-refractivity contribution in [2.24, 2.45) is 35.1 Å². The van der Waals surface area contributed by atoms with Crippen LogP contribution in [0.15, 0.2) is 36.4 Å². The first kappa shape index (κ1) is 35.4. The molecule has 6 fully saturated rings. The van der Waals surface area contributed by atoms with Gasteiger partial charge < -0.3 is 16.0 Å². The summed E-state index contributed by atoms with van der Waals surface area (Å²) in [5.74, 6) is 2.98. The molecular formula is C43H59N4O2Y+. The number of carbonyl (C=O) groups is 2. The van der Waals surface area contributed by atoms with E-state index < -0.39 is 0 Å². The number of benzene rings is 2. The monoisotopic (exact) mass is 752 g/mol. The van der Waals surface area contributed by atoms with Crippen LogP contribution in [0.5, 0.6) is 0 Å². The van der Waals surface area contributed by atoms with Crippen LogP contribution in [0, 0.1) is 23.7 Å². The van der Waals surface area contributed by atoms with Crippen molar-refractivity contribution in [1.29, 1.82) is 0 Å². The van der Waals surface area contributed by atoms with Gasteiger partial charge >= 0.3 is 0 Å². The predicted molar refractivity (Wildman–Crippen MR) is 194 cm³/mol. The summed E-state index contributed by atoms with van der Waals surface area (Å²) in [7, 11) is 2.55. The molecule has 7 unspecified atom stereocenters. The van der Waals surface area contributed by atoms with E-state index in [2.05, 4.69) is 36.2 Å². The molecule has 0 spiro atoms. The Morgan fingerprint density at radius 2 is 1.32 bits per heavy atom. The molecule has 4 saturated carbocycles. The van der Waals surface area contributed by atoms with Gasteiger partial charge in [0.15, 0.2) is 0 Å². The number of fused-ring (bicyclic) bond motifs is 2. The third kappa shape index (κ3) is 5.99. The molecule has 7 heteroatoms. The van der Waals surface area contributed by atoms with E-state index >= 15 is 0 Å². The summed E-state index contributed by atoms with van der Waals surface area (Å²) in [6, 6.07) is 14.2. The number of hydrogen-bond acceptors (Lipinski definition) is 3. The predicted octanol–water partition coefficient (Wildman–Crippen LogP) is 6.65. The Morgan fingerprint density at radius 1 is 0.740 bits per heavy atom. The Bertz CT molecular complexity index is 1650. The standard InChI is InChI=1S/C22H30N2O.C21H28N2O.Y/c1-24(14-15-5-6-15)11-10-22-9-3-2-4-18(22)20(24)13-16-7-8-17(21(23)25)12-19(16)22;22-20(24)16-7-6-15-12-19-17-3-1-2-8-21(17,18(15)11-16)9-10-23(19)13-14-4-5-14;/h7-8,12,15,18,20H,2-6,9-11,13-14H2,1H3,(H-,23,25);6-7,11,14,17,19H,1-5,8-10,12-13H2,(H2,22,24);/p+1. The summed E-state index contributed by atoms with van der Waals surface area (Å²) in [6.45, 7) is 5.29. The van der Waals surface area contributed by atoms with Crippen LogP contribution >= 0.6 is 0 Å². The summed E-state index contributed by atoms with van der Waals surface area (Å²) in [4.78, 5) is 26.3. The molecule has 6 nitrogen and oxygen atoms in total. The molecule has 4 N–H and O–H groups in total. The number of likely N-dealkylation sites (tertiary alicyclic amines) is 2. The average Bonchev–Trinajstić information content (AvgIpc) is 4.06. The topological polar surface area (TPSA) is 89.4 Å². The number of nitrogens with zero attached hydrogens (tertiary/aromatic N) is 2. The van der Waals surface area contributed by atoms with Gasteiger partial charge in [-0.15, -0.1) is 0 Å². The zero-order valence-electron chi connectivity index (χ0n) is 30.5. The Morgan fingerprint density at radius 3 is 1.92 bits per heavy atom. The molecule has 7 atom stereocenters. The van der Waals surface area contributed by atoms with Gasteiger partial charge in [0.1, 0.15) is 0 Å². The molecule has 2 aromatic rings. The van der Waals surface area contributed by atoms with E-state index in [4.69, 9.17) is 11.5 Å². The van der Waals surface area contributed by atoms with Crippen molar-refractivity contribution in [2.75, 3.05) is 33.2 Å². The quantitative estimate of drug-likeness (QED) is 0.324. The van der Waals surface area contributed by atoms with Gasteiger partial charge in [-0.3, -0.25) is 14.5 Å². The van der Waals surface area contributed by atoms with Gasteiger partial charge in [0.2, 0.25) is 11.8 Å².